The molecule has 0 unspecified atom stereocenters. The molecular weight excluding hydrogens is 361 g/mol. The lowest BCUT2D eigenvalue weighted by molar-refractivity contribution is -0.169. The number of carbonyl (C=O) groups is 1. The molecule has 1 saturated heterocycles. The molecule has 2 fully saturated rings. The van der Waals surface area contributed by atoms with Crippen LogP contribution >= 0.6 is 0 Å². The first-order valence-corrected chi connectivity index (χ1v) is 8.59. The molecule has 1 aliphatic carbocycles. The number of halogens is 3. The molecule has 1 saturated carbocycles. The number of anilines is 1. The molecule has 1 amide bonds. The van der Waals surface area contributed by atoms with Crippen molar-refractivity contribution in [3.05, 3.63) is 42.2 Å². The van der Waals surface area contributed by atoms with Crippen molar-refractivity contribution >= 4 is 11.9 Å². The molecule has 1 aliphatic heterocycles. The monoisotopic (exact) mass is 378 g/mol. The average Bonchev–Trinajstić information content (AvgIpc) is 3.26. The maximum atomic E-state index is 12.8. The molecule has 0 radical (unpaired) electrons. The van der Waals surface area contributed by atoms with Crippen LogP contribution in [0, 0.1) is 5.92 Å². The zero-order chi connectivity index (χ0) is 19.1. The SMILES string of the molecule is O=C(c1cnc(NC2(c3cncnc3)CC2)nc1)N1CC[C@@H](C(F)(F)F)C1. The molecule has 10 heteroatoms. The molecule has 7 nitrogen and oxygen atoms in total. The summed E-state index contributed by atoms with van der Waals surface area (Å²) in [5.41, 5.74) is 0.807. The Balaban J connectivity index is 1.42. The van der Waals surface area contributed by atoms with E-state index in [-0.39, 0.29) is 30.6 Å². The van der Waals surface area contributed by atoms with Crippen molar-refractivity contribution in [2.75, 3.05) is 18.4 Å². The minimum atomic E-state index is -4.28. The van der Waals surface area contributed by atoms with Crippen molar-refractivity contribution < 1.29 is 18.0 Å². The Bertz CT molecular complexity index is 823. The first-order valence-electron chi connectivity index (χ1n) is 8.59. The molecule has 0 aromatic carbocycles. The van der Waals surface area contributed by atoms with Gasteiger partial charge >= 0.3 is 6.18 Å². The van der Waals surface area contributed by atoms with Crippen LogP contribution in [-0.4, -0.2) is 50.0 Å². The van der Waals surface area contributed by atoms with Crippen molar-refractivity contribution in [1.29, 1.82) is 0 Å². The van der Waals surface area contributed by atoms with Gasteiger partial charge in [0, 0.05) is 43.4 Å². The summed E-state index contributed by atoms with van der Waals surface area (Å²) in [6.07, 6.45) is 5.03. The van der Waals surface area contributed by atoms with Gasteiger partial charge in [0.15, 0.2) is 0 Å². The normalized spacial score (nSPS) is 21.1. The molecule has 3 heterocycles. The van der Waals surface area contributed by atoms with Crippen LogP contribution in [0.25, 0.3) is 0 Å². The molecule has 1 atom stereocenters. The second-order valence-corrected chi connectivity index (χ2v) is 6.91. The molecule has 4 rings (SSSR count). The first-order chi connectivity index (χ1) is 12.9. The zero-order valence-corrected chi connectivity index (χ0v) is 14.3. The van der Waals surface area contributed by atoms with Gasteiger partial charge in [0.1, 0.15) is 6.33 Å². The number of alkyl halides is 3. The van der Waals surface area contributed by atoms with Gasteiger partial charge in [0.2, 0.25) is 5.95 Å². The highest BCUT2D eigenvalue weighted by Crippen LogP contribution is 2.47. The fourth-order valence-electron chi connectivity index (χ4n) is 3.27. The number of nitrogens with zero attached hydrogens (tertiary/aromatic N) is 5. The fourth-order valence-corrected chi connectivity index (χ4v) is 3.27. The van der Waals surface area contributed by atoms with Crippen molar-refractivity contribution in [3.8, 4) is 0 Å². The predicted octanol–water partition coefficient (Wildman–Crippen LogP) is 2.39. The highest BCUT2D eigenvalue weighted by molar-refractivity contribution is 5.93. The van der Waals surface area contributed by atoms with Crippen LogP contribution in [0.5, 0.6) is 0 Å². The summed E-state index contributed by atoms with van der Waals surface area (Å²) in [5.74, 6) is -1.60. The Morgan fingerprint density at radius 1 is 1.15 bits per heavy atom. The van der Waals surface area contributed by atoms with E-state index in [9.17, 15) is 18.0 Å². The summed E-state index contributed by atoms with van der Waals surface area (Å²) in [6.45, 7) is -0.237. The summed E-state index contributed by atoms with van der Waals surface area (Å²) in [5, 5.41) is 3.23. The second-order valence-electron chi connectivity index (χ2n) is 6.91. The summed E-state index contributed by atoms with van der Waals surface area (Å²) < 4.78 is 38.3. The molecule has 2 aliphatic rings. The maximum Gasteiger partial charge on any atom is 0.393 e. The molecule has 27 heavy (non-hydrogen) atoms. The minimum absolute atomic E-state index is 0.0720. The topological polar surface area (TPSA) is 83.9 Å². The Labute approximate surface area is 153 Å². The van der Waals surface area contributed by atoms with Crippen LogP contribution in [0.1, 0.15) is 35.2 Å². The van der Waals surface area contributed by atoms with Gasteiger partial charge in [-0.05, 0) is 19.3 Å². The average molecular weight is 378 g/mol. The van der Waals surface area contributed by atoms with E-state index in [0.29, 0.717) is 5.95 Å². The number of rotatable bonds is 4. The van der Waals surface area contributed by atoms with Crippen molar-refractivity contribution in [2.45, 2.75) is 31.0 Å². The summed E-state index contributed by atoms with van der Waals surface area (Å²) in [7, 11) is 0. The number of nitrogens with one attached hydrogen (secondary N) is 1. The largest absolute Gasteiger partial charge is 0.393 e. The molecule has 0 bridgehead atoms. The lowest BCUT2D eigenvalue weighted by Crippen LogP contribution is -2.32. The zero-order valence-electron chi connectivity index (χ0n) is 14.3. The van der Waals surface area contributed by atoms with E-state index in [2.05, 4.69) is 25.3 Å². The van der Waals surface area contributed by atoms with Gasteiger partial charge in [-0.2, -0.15) is 13.2 Å². The number of hydrogen-bond acceptors (Lipinski definition) is 6. The molecule has 2 aromatic rings. The van der Waals surface area contributed by atoms with Crippen LogP contribution in [0.4, 0.5) is 19.1 Å². The van der Waals surface area contributed by atoms with Gasteiger partial charge in [-0.1, -0.05) is 0 Å². The van der Waals surface area contributed by atoms with Crippen molar-refractivity contribution in [3.63, 3.8) is 0 Å². The van der Waals surface area contributed by atoms with E-state index in [1.165, 1.54) is 23.6 Å². The summed E-state index contributed by atoms with van der Waals surface area (Å²) in [4.78, 5) is 29.9. The van der Waals surface area contributed by atoms with Crippen LogP contribution in [0.2, 0.25) is 0 Å². The summed E-state index contributed by atoms with van der Waals surface area (Å²) >= 11 is 0. The van der Waals surface area contributed by atoms with Gasteiger partial charge in [0.05, 0.1) is 17.0 Å². The number of aromatic nitrogens is 4. The Kier molecular flexibility index (Phi) is 4.20. The Morgan fingerprint density at radius 3 is 2.37 bits per heavy atom. The number of likely N-dealkylation sites (tertiary alicyclic amines) is 1. The van der Waals surface area contributed by atoms with Crippen molar-refractivity contribution in [1.82, 2.24) is 24.8 Å². The standard InChI is InChI=1S/C17H17F3N6O/c18-17(19,20)12-1-4-26(9-12)14(27)11-5-23-15(24-6-11)25-16(2-3-16)13-7-21-10-22-8-13/h5-8,10,12H,1-4,9H2,(H,23,24,25)/t12-/m1/s1. The molecule has 2 aromatic heterocycles. The van der Waals surface area contributed by atoms with E-state index in [1.54, 1.807) is 12.4 Å². The molecule has 0 spiro atoms. The highest BCUT2D eigenvalue weighted by Gasteiger charge is 2.46. The van der Waals surface area contributed by atoms with Gasteiger partial charge in [-0.25, -0.2) is 19.9 Å². The second kappa shape index (κ2) is 6.43. The third kappa shape index (κ3) is 3.56. The third-order valence-electron chi connectivity index (χ3n) is 5.05. The van der Waals surface area contributed by atoms with Crippen LogP contribution < -0.4 is 5.32 Å². The molecular formula is C17H17F3N6O. The van der Waals surface area contributed by atoms with E-state index in [4.69, 9.17) is 0 Å². The maximum absolute atomic E-state index is 12.8. The van der Waals surface area contributed by atoms with E-state index in [0.717, 1.165) is 18.4 Å². The number of carbonyl (C=O) groups excluding carboxylic acids is 1. The van der Waals surface area contributed by atoms with E-state index < -0.39 is 18.0 Å². The van der Waals surface area contributed by atoms with E-state index in [1.807, 2.05) is 0 Å². The quantitative estimate of drug-likeness (QED) is 0.880. The molecule has 1 N–H and O–H groups in total. The number of hydrogen-bond donors (Lipinski definition) is 1. The minimum Gasteiger partial charge on any atom is -0.345 e. The van der Waals surface area contributed by atoms with Crippen LogP contribution in [-0.2, 0) is 5.54 Å². The number of amides is 1. The highest BCUT2D eigenvalue weighted by atomic mass is 19.4. The Hall–Kier alpha value is -2.78. The fraction of sp³-hybridized carbons (Fsp3) is 0.471. The molecule has 142 valence electrons. The lowest BCUT2D eigenvalue weighted by atomic mass is 10.1. The van der Waals surface area contributed by atoms with E-state index >= 15 is 0 Å². The predicted molar refractivity (Wildman–Crippen MR) is 88.7 cm³/mol. The van der Waals surface area contributed by atoms with Crippen LogP contribution in [0.15, 0.2) is 31.1 Å². The third-order valence-corrected chi connectivity index (χ3v) is 5.05. The smallest absolute Gasteiger partial charge is 0.345 e. The Morgan fingerprint density at radius 2 is 1.81 bits per heavy atom. The van der Waals surface area contributed by atoms with Gasteiger partial charge in [-0.3, -0.25) is 4.79 Å². The lowest BCUT2D eigenvalue weighted by Gasteiger charge is -2.19. The van der Waals surface area contributed by atoms with Gasteiger partial charge < -0.3 is 10.2 Å². The summed E-state index contributed by atoms with van der Waals surface area (Å²) in [6, 6.07) is 0. The first kappa shape index (κ1) is 17.6. The van der Waals surface area contributed by atoms with Gasteiger partial charge in [0.25, 0.3) is 5.91 Å². The van der Waals surface area contributed by atoms with Gasteiger partial charge in [-0.15, -0.1) is 0 Å². The van der Waals surface area contributed by atoms with Crippen LogP contribution in [0.3, 0.4) is 0 Å². The van der Waals surface area contributed by atoms with Crippen molar-refractivity contribution in [2.24, 2.45) is 5.92 Å².